The fourth-order valence-corrected chi connectivity index (χ4v) is 2.70. The maximum Gasteiger partial charge on any atom is 0.438 e. The van der Waals surface area contributed by atoms with Crippen molar-refractivity contribution in [3.05, 3.63) is 12.2 Å². The fraction of sp³-hybridized carbons (Fsp3) is 0.833. The molecule has 0 aliphatic heterocycles. The summed E-state index contributed by atoms with van der Waals surface area (Å²) < 4.78 is 257. The first-order valence-corrected chi connectivity index (χ1v) is 9.82. The third kappa shape index (κ3) is 5.77. The zero-order valence-corrected chi connectivity index (χ0v) is 19.1. The molecule has 238 valence electrons. The van der Waals surface area contributed by atoms with Gasteiger partial charge in [0.15, 0.2) is 0 Å². The quantitative estimate of drug-likeness (QED) is 0.131. The second-order valence-electron chi connectivity index (χ2n) is 8.11. The molecule has 0 fully saturated rings. The minimum atomic E-state index is -9.07. The first kappa shape index (κ1) is 37.8. The second kappa shape index (κ2) is 10.9. The highest BCUT2D eigenvalue weighted by molar-refractivity contribution is 5.87. The first-order chi connectivity index (χ1) is 17.3. The van der Waals surface area contributed by atoms with Gasteiger partial charge in [0.05, 0.1) is 6.61 Å². The van der Waals surface area contributed by atoms with Crippen LogP contribution in [-0.2, 0) is 9.53 Å². The Kier molecular flexibility index (Phi) is 10.3. The van der Waals surface area contributed by atoms with Crippen LogP contribution in [0.2, 0.25) is 0 Å². The van der Waals surface area contributed by atoms with Gasteiger partial charge in [-0.3, -0.25) is 0 Å². The molecule has 0 saturated carbocycles. The Bertz CT molecular complexity index is 904. The lowest BCUT2D eigenvalue weighted by Crippen LogP contribution is -2.77. The molecule has 0 aliphatic rings. The Hall–Kier alpha value is -2.16. The molecule has 0 aromatic heterocycles. The number of halogens is 19. The predicted molar refractivity (Wildman–Crippen MR) is 91.3 cm³/mol. The molecule has 0 aromatic carbocycles. The van der Waals surface area contributed by atoms with Gasteiger partial charge >= 0.3 is 59.5 Å². The molecule has 3 nitrogen and oxygen atoms in total. The van der Waals surface area contributed by atoms with Gasteiger partial charge in [0, 0.05) is 12.0 Å². The number of rotatable bonds is 13. The Morgan fingerprint density at radius 2 is 1.02 bits per heavy atom. The van der Waals surface area contributed by atoms with Gasteiger partial charge in [-0.2, -0.15) is 79.0 Å². The topological polar surface area (TPSA) is 46.5 Å². The van der Waals surface area contributed by atoms with E-state index in [2.05, 4.69) is 11.3 Å². The highest BCUT2D eigenvalue weighted by Gasteiger charge is 2.98. The van der Waals surface area contributed by atoms with E-state index in [9.17, 15) is 88.2 Å². The molecule has 1 atom stereocenters. The summed E-state index contributed by atoms with van der Waals surface area (Å²) in [5, 5.41) is 8.92. The lowest BCUT2D eigenvalue weighted by molar-refractivity contribution is -0.472. The molecule has 0 aliphatic carbocycles. The van der Waals surface area contributed by atoms with Gasteiger partial charge in [0.2, 0.25) is 0 Å². The molecule has 22 heteroatoms. The molecule has 0 heterocycles. The molecule has 0 rings (SSSR count). The van der Waals surface area contributed by atoms with Crippen molar-refractivity contribution < 1.29 is 98.1 Å². The van der Waals surface area contributed by atoms with Crippen LogP contribution in [0.25, 0.3) is 0 Å². The van der Waals surface area contributed by atoms with Crippen molar-refractivity contribution in [2.45, 2.75) is 85.8 Å². The number of aliphatic hydroxyl groups is 1. The smallest absolute Gasteiger partial charge is 0.438 e. The monoisotopic (exact) mass is 640 g/mol. The molecule has 0 radical (unpaired) electrons. The number of aliphatic hydroxyl groups excluding tert-OH is 1. The van der Waals surface area contributed by atoms with Crippen LogP contribution in [0.1, 0.15) is 26.2 Å². The molecular weight excluding hydrogens is 625 g/mol. The summed E-state index contributed by atoms with van der Waals surface area (Å²) in [6, 6.07) is 0. The third-order valence-corrected chi connectivity index (χ3v) is 5.09. The normalized spacial score (nSPS) is 16.1. The average molecular weight is 640 g/mol. The number of esters is 1. The van der Waals surface area contributed by atoms with Crippen LogP contribution in [0, 0.1) is 0 Å². The lowest BCUT2D eigenvalue weighted by Gasteiger charge is -2.45. The Balaban J connectivity index is 6.50. The highest BCUT2D eigenvalue weighted by atomic mass is 19.4. The standard InChI is InChI=1S/C18H15F19O3/c1-7(2)9(39)40-8(6-38)4-3-5-10(19,20)12(22,23)14(26,27)16(30,31)15(28,29)13(24,25)11(21,17(32,33)34)18(35,36)37/h8,38H,1,3-6H2,2H3. The first-order valence-electron chi connectivity index (χ1n) is 9.82. The fourth-order valence-electron chi connectivity index (χ4n) is 2.70. The lowest BCUT2D eigenvalue weighted by atomic mass is 9.83. The summed E-state index contributed by atoms with van der Waals surface area (Å²) in [4.78, 5) is 11.3. The maximum absolute atomic E-state index is 13.9. The minimum Gasteiger partial charge on any atom is -0.457 e. The van der Waals surface area contributed by atoms with E-state index in [1.165, 1.54) is 0 Å². The van der Waals surface area contributed by atoms with E-state index >= 15 is 0 Å². The maximum atomic E-state index is 13.9. The van der Waals surface area contributed by atoms with Crippen molar-refractivity contribution in [2.24, 2.45) is 0 Å². The molecule has 1 N–H and O–H groups in total. The van der Waals surface area contributed by atoms with Gasteiger partial charge in [-0.15, -0.1) is 0 Å². The van der Waals surface area contributed by atoms with E-state index in [-0.39, 0.29) is 5.57 Å². The van der Waals surface area contributed by atoms with Crippen molar-refractivity contribution in [3.8, 4) is 0 Å². The van der Waals surface area contributed by atoms with E-state index in [1.54, 1.807) is 0 Å². The van der Waals surface area contributed by atoms with Crippen molar-refractivity contribution in [1.82, 2.24) is 0 Å². The zero-order chi connectivity index (χ0) is 32.8. The Morgan fingerprint density at radius 3 is 1.35 bits per heavy atom. The van der Waals surface area contributed by atoms with Gasteiger partial charge in [-0.25, -0.2) is 9.18 Å². The van der Waals surface area contributed by atoms with Crippen molar-refractivity contribution in [1.29, 1.82) is 0 Å². The van der Waals surface area contributed by atoms with Crippen LogP contribution in [0.4, 0.5) is 83.4 Å². The number of hydrogen-bond donors (Lipinski definition) is 1. The van der Waals surface area contributed by atoms with E-state index in [0.717, 1.165) is 6.92 Å². The molecule has 1 unspecified atom stereocenters. The van der Waals surface area contributed by atoms with Gasteiger partial charge in [0.25, 0.3) is 0 Å². The molecule has 0 saturated heterocycles. The van der Waals surface area contributed by atoms with E-state index in [1.807, 2.05) is 0 Å². The third-order valence-electron chi connectivity index (χ3n) is 5.09. The van der Waals surface area contributed by atoms with E-state index in [4.69, 9.17) is 5.11 Å². The summed E-state index contributed by atoms with van der Waals surface area (Å²) >= 11 is 0. The number of alkyl halides is 19. The van der Waals surface area contributed by atoms with Crippen molar-refractivity contribution >= 4 is 5.97 Å². The van der Waals surface area contributed by atoms with E-state index in [0.29, 0.717) is 0 Å². The molecule has 0 bridgehead atoms. The van der Waals surface area contributed by atoms with Crippen molar-refractivity contribution in [2.75, 3.05) is 6.61 Å². The number of hydrogen-bond acceptors (Lipinski definition) is 3. The summed E-state index contributed by atoms with van der Waals surface area (Å²) in [5.41, 5.74) is -9.17. The van der Waals surface area contributed by atoms with Crippen molar-refractivity contribution in [3.63, 3.8) is 0 Å². The summed E-state index contributed by atoms with van der Waals surface area (Å²) in [5.74, 6) is -51.6. The molecule has 0 aromatic rings. The van der Waals surface area contributed by atoms with Gasteiger partial charge < -0.3 is 9.84 Å². The summed E-state index contributed by atoms with van der Waals surface area (Å²) in [6.07, 6.45) is -24.1. The van der Waals surface area contributed by atoms with Crippen LogP contribution in [0.3, 0.4) is 0 Å². The molecular formula is C18H15F19O3. The van der Waals surface area contributed by atoms with Crippen LogP contribution in [0.5, 0.6) is 0 Å². The zero-order valence-electron chi connectivity index (χ0n) is 19.1. The van der Waals surface area contributed by atoms with Crippen LogP contribution >= 0.6 is 0 Å². The van der Waals surface area contributed by atoms with Crippen LogP contribution < -0.4 is 0 Å². The van der Waals surface area contributed by atoms with Gasteiger partial charge in [-0.05, 0) is 19.8 Å². The number of carbonyl (C=O) groups is 1. The molecule has 40 heavy (non-hydrogen) atoms. The minimum absolute atomic E-state index is 0.386. The SMILES string of the molecule is C=C(C)C(=O)OC(CO)CCCC(F)(F)C(F)(F)C(F)(F)C(F)(F)C(F)(F)C(F)(F)C(F)(C(F)(F)F)C(F)(F)F. The van der Waals surface area contributed by atoms with Crippen LogP contribution in [-0.4, -0.2) is 77.3 Å². The Labute approximate surface area is 209 Å². The molecule has 0 spiro atoms. The van der Waals surface area contributed by atoms with E-state index < -0.39 is 91.5 Å². The largest absolute Gasteiger partial charge is 0.457 e. The molecule has 0 amide bonds. The van der Waals surface area contributed by atoms with Gasteiger partial charge in [0.1, 0.15) is 6.10 Å². The van der Waals surface area contributed by atoms with Crippen LogP contribution in [0.15, 0.2) is 12.2 Å². The summed E-state index contributed by atoms with van der Waals surface area (Å²) in [7, 11) is 0. The van der Waals surface area contributed by atoms with Gasteiger partial charge in [-0.1, -0.05) is 6.58 Å². The average Bonchev–Trinajstić information content (AvgIpc) is 2.74. The summed E-state index contributed by atoms with van der Waals surface area (Å²) in [6.45, 7) is 2.77. The number of ether oxygens (including phenoxy) is 1. The second-order valence-corrected chi connectivity index (χ2v) is 8.11. The predicted octanol–water partition coefficient (Wildman–Crippen LogP) is 7.28. The number of carbonyl (C=O) groups excluding carboxylic acids is 1. The highest BCUT2D eigenvalue weighted by Crippen LogP contribution is 2.66. The Morgan fingerprint density at radius 1 is 0.675 bits per heavy atom.